The lowest BCUT2D eigenvalue weighted by atomic mass is 9.43. The molecule has 0 aromatic rings. The van der Waals surface area contributed by atoms with E-state index in [1.807, 2.05) is 0 Å². The van der Waals surface area contributed by atoms with Crippen LogP contribution in [0.3, 0.4) is 0 Å². The van der Waals surface area contributed by atoms with Gasteiger partial charge in [0.05, 0.1) is 7.11 Å². The fourth-order valence-electron chi connectivity index (χ4n) is 9.79. The first kappa shape index (κ1) is 32.0. The first-order valence-corrected chi connectivity index (χ1v) is 15.5. The number of hydrogen-bond acceptors (Lipinski definition) is 8. The third-order valence-corrected chi connectivity index (χ3v) is 11.8. The zero-order valence-corrected chi connectivity index (χ0v) is 25.7. The molecular formula is C34H48O8. The Bertz CT molecular complexity index is 1100. The third-order valence-electron chi connectivity index (χ3n) is 11.8. The van der Waals surface area contributed by atoms with Crippen molar-refractivity contribution in [3.05, 3.63) is 38.0 Å². The van der Waals surface area contributed by atoms with Crippen LogP contribution in [0.15, 0.2) is 38.0 Å². The molecular weight excluding hydrogens is 536 g/mol. The monoisotopic (exact) mass is 584 g/mol. The average molecular weight is 585 g/mol. The molecule has 0 aromatic heterocycles. The summed E-state index contributed by atoms with van der Waals surface area (Å²) in [4.78, 5) is 49.3. The van der Waals surface area contributed by atoms with Crippen molar-refractivity contribution in [1.82, 2.24) is 0 Å². The van der Waals surface area contributed by atoms with Crippen LogP contribution in [0.5, 0.6) is 0 Å². The van der Waals surface area contributed by atoms with Gasteiger partial charge >= 0.3 is 23.9 Å². The van der Waals surface area contributed by atoms with Crippen LogP contribution in [0, 0.1) is 46.3 Å². The molecule has 0 saturated heterocycles. The van der Waals surface area contributed by atoms with E-state index in [9.17, 15) is 19.2 Å². The van der Waals surface area contributed by atoms with Gasteiger partial charge in [-0.1, -0.05) is 40.5 Å². The van der Waals surface area contributed by atoms with Gasteiger partial charge in [0.2, 0.25) is 0 Å². The highest BCUT2D eigenvalue weighted by Gasteiger charge is 2.67. The zero-order chi connectivity index (χ0) is 30.8. The summed E-state index contributed by atoms with van der Waals surface area (Å²) in [5.74, 6) is -0.290. The second-order valence-corrected chi connectivity index (χ2v) is 13.4. The van der Waals surface area contributed by atoms with Gasteiger partial charge in [-0.05, 0) is 86.4 Å². The van der Waals surface area contributed by atoms with E-state index in [1.54, 1.807) is 0 Å². The van der Waals surface area contributed by atoms with Gasteiger partial charge in [-0.2, -0.15) is 0 Å². The normalized spacial score (nSPS) is 39.2. The number of methoxy groups -OCH3 is 1. The fraction of sp³-hybridized carbons (Fsp3) is 0.706. The maximum absolute atomic E-state index is 12.7. The Morgan fingerprint density at radius 1 is 0.833 bits per heavy atom. The minimum atomic E-state index is -0.444. The molecule has 4 fully saturated rings. The number of hydrogen-bond donors (Lipinski definition) is 0. The summed E-state index contributed by atoms with van der Waals surface area (Å²) in [7, 11) is 1.41. The molecule has 0 spiro atoms. The van der Waals surface area contributed by atoms with Crippen molar-refractivity contribution in [2.24, 2.45) is 46.3 Å². The highest BCUT2D eigenvalue weighted by Crippen LogP contribution is 2.69. The minimum Gasteiger partial charge on any atom is -0.469 e. The highest BCUT2D eigenvalue weighted by molar-refractivity contribution is 5.82. The number of rotatable bonds is 10. The van der Waals surface area contributed by atoms with Crippen molar-refractivity contribution in [2.45, 2.75) is 96.9 Å². The minimum absolute atomic E-state index is 0.0182. The Kier molecular flexibility index (Phi) is 9.73. The van der Waals surface area contributed by atoms with Crippen LogP contribution in [0.25, 0.3) is 0 Å². The maximum atomic E-state index is 12.7. The van der Waals surface area contributed by atoms with Crippen molar-refractivity contribution >= 4 is 23.9 Å². The summed E-state index contributed by atoms with van der Waals surface area (Å²) in [5.41, 5.74) is -0.511. The fourth-order valence-corrected chi connectivity index (χ4v) is 9.79. The van der Waals surface area contributed by atoms with Gasteiger partial charge < -0.3 is 18.9 Å². The van der Waals surface area contributed by atoms with Crippen LogP contribution in [-0.2, 0) is 38.1 Å². The largest absolute Gasteiger partial charge is 0.469 e. The quantitative estimate of drug-likeness (QED) is 0.182. The standard InChI is InChI=1S/C34H48O8/c1-8-29(35)40-21-15-16-33(5)25-19-28(42-31(37)10-3)34(6)23(20(4)11-14-32(38)39-7)12-13-24(34)22(25)18-27(26(33)17-21)41-30(36)9-2/h8-10,20-28H,1-3,11-19H2,4-7H3/t20-,21-,22+,23-,24+,25+,26+,27+,28+,33-,34-/m1/s1. The lowest BCUT2D eigenvalue weighted by Crippen LogP contribution is -2.62. The summed E-state index contributed by atoms with van der Waals surface area (Å²) in [6, 6.07) is 0. The van der Waals surface area contributed by atoms with Crippen molar-refractivity contribution in [3.8, 4) is 0 Å². The molecule has 0 radical (unpaired) electrons. The van der Waals surface area contributed by atoms with E-state index in [1.165, 1.54) is 25.3 Å². The molecule has 4 saturated carbocycles. The van der Waals surface area contributed by atoms with Gasteiger partial charge in [0, 0.05) is 36.0 Å². The van der Waals surface area contributed by atoms with Crippen LogP contribution in [-0.4, -0.2) is 49.3 Å². The molecule has 0 N–H and O–H groups in total. The van der Waals surface area contributed by atoms with Gasteiger partial charge in [-0.3, -0.25) is 4.79 Å². The molecule has 4 aliphatic carbocycles. The molecule has 8 heteroatoms. The summed E-state index contributed by atoms with van der Waals surface area (Å²) >= 11 is 0. The van der Waals surface area contributed by atoms with E-state index in [0.29, 0.717) is 38.5 Å². The molecule has 0 amide bonds. The zero-order valence-electron chi connectivity index (χ0n) is 25.7. The van der Waals surface area contributed by atoms with Crippen molar-refractivity contribution < 1.29 is 38.1 Å². The topological polar surface area (TPSA) is 105 Å². The molecule has 11 atom stereocenters. The Morgan fingerprint density at radius 2 is 1.48 bits per heavy atom. The van der Waals surface area contributed by atoms with Gasteiger partial charge in [0.15, 0.2) is 0 Å². The SMILES string of the molecule is C=CC(=O)O[C@@H]1CC[C@]2(C)[C@H]3C[C@H](OC(=O)C=C)[C@]4(C)[C@@H]([C@H](C)CCC(=O)OC)CC[C@H]4[C@@H]3C[C@H](OC(=O)C=C)[C@@H]2C1. The van der Waals surface area contributed by atoms with Gasteiger partial charge in [0.1, 0.15) is 18.3 Å². The molecule has 4 rings (SSSR count). The van der Waals surface area contributed by atoms with Gasteiger partial charge in [-0.15, -0.1) is 0 Å². The maximum Gasteiger partial charge on any atom is 0.330 e. The predicted molar refractivity (Wildman–Crippen MR) is 157 cm³/mol. The lowest BCUT2D eigenvalue weighted by molar-refractivity contribution is -0.219. The molecule has 0 heterocycles. The molecule has 0 aromatic carbocycles. The molecule has 8 nitrogen and oxygen atoms in total. The van der Waals surface area contributed by atoms with E-state index in [4.69, 9.17) is 18.9 Å². The molecule has 4 aliphatic rings. The van der Waals surface area contributed by atoms with Crippen LogP contribution < -0.4 is 0 Å². The second kappa shape index (κ2) is 12.8. The van der Waals surface area contributed by atoms with Crippen LogP contribution in [0.1, 0.15) is 78.6 Å². The summed E-state index contributed by atoms with van der Waals surface area (Å²) in [6.07, 6.45) is 9.29. The second-order valence-electron chi connectivity index (χ2n) is 13.4. The van der Waals surface area contributed by atoms with E-state index >= 15 is 0 Å². The Labute approximate surface area is 250 Å². The lowest BCUT2D eigenvalue weighted by Gasteiger charge is -2.64. The summed E-state index contributed by atoms with van der Waals surface area (Å²) in [5, 5.41) is 0. The average Bonchev–Trinajstić information content (AvgIpc) is 3.34. The Balaban J connectivity index is 1.70. The van der Waals surface area contributed by atoms with Crippen molar-refractivity contribution in [1.29, 1.82) is 0 Å². The number of carbonyl (C=O) groups is 4. The summed E-state index contributed by atoms with van der Waals surface area (Å²) < 4.78 is 22.9. The van der Waals surface area contributed by atoms with Gasteiger partial charge in [0.25, 0.3) is 0 Å². The van der Waals surface area contributed by atoms with E-state index < -0.39 is 17.9 Å². The van der Waals surface area contributed by atoms with Crippen LogP contribution in [0.4, 0.5) is 0 Å². The first-order valence-electron chi connectivity index (χ1n) is 15.5. The van der Waals surface area contributed by atoms with Crippen LogP contribution >= 0.6 is 0 Å². The highest BCUT2D eigenvalue weighted by atomic mass is 16.6. The predicted octanol–water partition coefficient (Wildman–Crippen LogP) is 5.75. The number of fused-ring (bicyclic) bond motifs is 5. The van der Waals surface area contributed by atoms with Gasteiger partial charge in [-0.25, -0.2) is 14.4 Å². The van der Waals surface area contributed by atoms with E-state index in [2.05, 4.69) is 40.5 Å². The molecule has 42 heavy (non-hydrogen) atoms. The molecule has 0 unspecified atom stereocenters. The first-order chi connectivity index (χ1) is 19.9. The molecule has 232 valence electrons. The Morgan fingerprint density at radius 3 is 2.12 bits per heavy atom. The van der Waals surface area contributed by atoms with E-state index in [0.717, 1.165) is 19.3 Å². The summed E-state index contributed by atoms with van der Waals surface area (Å²) in [6.45, 7) is 17.6. The number of carbonyl (C=O) groups excluding carboxylic acids is 4. The third kappa shape index (κ3) is 5.83. The smallest absolute Gasteiger partial charge is 0.330 e. The number of ether oxygens (including phenoxy) is 4. The molecule has 0 aliphatic heterocycles. The van der Waals surface area contributed by atoms with Crippen LogP contribution in [0.2, 0.25) is 0 Å². The molecule has 0 bridgehead atoms. The van der Waals surface area contributed by atoms with Crippen molar-refractivity contribution in [2.75, 3.05) is 7.11 Å². The number of esters is 4. The van der Waals surface area contributed by atoms with Crippen molar-refractivity contribution in [3.63, 3.8) is 0 Å². The van der Waals surface area contributed by atoms with E-state index in [-0.39, 0.29) is 70.6 Å². The Hall–Kier alpha value is -2.90.